The molecule has 0 aromatic heterocycles. The van der Waals surface area contributed by atoms with Crippen LogP contribution in [0.4, 0.5) is 0 Å². The Bertz CT molecular complexity index is 328. The van der Waals surface area contributed by atoms with E-state index in [9.17, 15) is 0 Å². The van der Waals surface area contributed by atoms with Crippen molar-refractivity contribution >= 4 is 11.8 Å². The van der Waals surface area contributed by atoms with Gasteiger partial charge in [0.1, 0.15) is 5.75 Å². The molecule has 1 atom stereocenters. The lowest BCUT2D eigenvalue weighted by Gasteiger charge is -2.21. The van der Waals surface area contributed by atoms with Crippen molar-refractivity contribution in [3.8, 4) is 5.75 Å². The van der Waals surface area contributed by atoms with Gasteiger partial charge in [-0.15, -0.1) is 0 Å². The van der Waals surface area contributed by atoms with Gasteiger partial charge in [0.05, 0.1) is 7.11 Å². The Hall–Kier alpha value is -0.670. The fourth-order valence-corrected chi connectivity index (χ4v) is 2.62. The average Bonchev–Trinajstić information content (AvgIpc) is 2.34. The van der Waals surface area contributed by atoms with Crippen LogP contribution in [-0.4, -0.2) is 24.7 Å². The zero-order valence-corrected chi connectivity index (χ0v) is 12.0. The number of hydrogen-bond donors (Lipinski definition) is 1. The summed E-state index contributed by atoms with van der Waals surface area (Å²) in [5.74, 6) is 2.05. The molecule has 2 nitrogen and oxygen atoms in total. The van der Waals surface area contributed by atoms with Gasteiger partial charge in [-0.25, -0.2) is 0 Å². The van der Waals surface area contributed by atoms with Gasteiger partial charge in [-0.3, -0.25) is 0 Å². The second kappa shape index (κ2) is 7.62. The van der Waals surface area contributed by atoms with Gasteiger partial charge in [0.25, 0.3) is 0 Å². The molecular weight excluding hydrogens is 230 g/mol. The molecule has 0 heterocycles. The van der Waals surface area contributed by atoms with Gasteiger partial charge in [-0.2, -0.15) is 11.8 Å². The molecule has 0 aliphatic heterocycles. The van der Waals surface area contributed by atoms with Crippen LogP contribution in [0.15, 0.2) is 24.3 Å². The molecule has 17 heavy (non-hydrogen) atoms. The van der Waals surface area contributed by atoms with E-state index < -0.39 is 0 Å². The second-order valence-electron chi connectivity index (χ2n) is 4.23. The van der Waals surface area contributed by atoms with Crippen LogP contribution in [0.2, 0.25) is 0 Å². The molecule has 0 aliphatic rings. The number of methoxy groups -OCH3 is 1. The van der Waals surface area contributed by atoms with Crippen LogP contribution in [-0.2, 0) is 0 Å². The van der Waals surface area contributed by atoms with E-state index in [-0.39, 0.29) is 0 Å². The van der Waals surface area contributed by atoms with E-state index in [2.05, 4.69) is 38.2 Å². The molecular formula is C14H23NOS. The average molecular weight is 253 g/mol. The molecule has 0 bridgehead atoms. The molecule has 0 fully saturated rings. The molecule has 1 unspecified atom stereocenters. The minimum atomic E-state index is 0.364. The maximum Gasteiger partial charge on any atom is 0.123 e. The van der Waals surface area contributed by atoms with Gasteiger partial charge in [0.15, 0.2) is 0 Å². The first-order valence-electron chi connectivity index (χ1n) is 6.17. The van der Waals surface area contributed by atoms with Crippen LogP contribution in [0.3, 0.4) is 0 Å². The van der Waals surface area contributed by atoms with Gasteiger partial charge in [-0.1, -0.05) is 39.0 Å². The summed E-state index contributed by atoms with van der Waals surface area (Å²) in [5.41, 5.74) is 1.25. The lowest BCUT2D eigenvalue weighted by atomic mass is 10.1. The molecule has 3 heteroatoms. The van der Waals surface area contributed by atoms with Crippen molar-refractivity contribution in [2.75, 3.05) is 19.4 Å². The first-order valence-corrected chi connectivity index (χ1v) is 7.21. The number of para-hydroxylation sites is 1. The van der Waals surface area contributed by atoms with Crippen molar-refractivity contribution in [2.45, 2.75) is 32.1 Å². The minimum Gasteiger partial charge on any atom is -0.496 e. The summed E-state index contributed by atoms with van der Waals surface area (Å²) in [4.78, 5) is 0. The molecule has 0 amide bonds. The van der Waals surface area contributed by atoms with Crippen LogP contribution in [0.25, 0.3) is 0 Å². The third-order valence-corrected chi connectivity index (χ3v) is 3.75. The zero-order chi connectivity index (χ0) is 12.7. The third kappa shape index (κ3) is 4.60. The summed E-state index contributed by atoms with van der Waals surface area (Å²) >= 11 is 1.98. The SMILES string of the molecule is CCNC(CSC(C)C)c1ccccc1OC. The van der Waals surface area contributed by atoms with E-state index in [1.54, 1.807) is 7.11 Å². The molecule has 0 saturated heterocycles. The summed E-state index contributed by atoms with van der Waals surface area (Å²) in [6.45, 7) is 7.58. The highest BCUT2D eigenvalue weighted by Crippen LogP contribution is 2.28. The van der Waals surface area contributed by atoms with Gasteiger partial charge in [0.2, 0.25) is 0 Å². The van der Waals surface area contributed by atoms with Crippen molar-refractivity contribution in [1.82, 2.24) is 5.32 Å². The molecule has 1 aromatic carbocycles. The normalized spacial score (nSPS) is 12.8. The van der Waals surface area contributed by atoms with Crippen LogP contribution < -0.4 is 10.1 Å². The summed E-state index contributed by atoms with van der Waals surface area (Å²) in [5, 5.41) is 4.19. The van der Waals surface area contributed by atoms with Crippen LogP contribution in [0, 0.1) is 0 Å². The van der Waals surface area contributed by atoms with Crippen molar-refractivity contribution < 1.29 is 4.74 Å². The summed E-state index contributed by atoms with van der Waals surface area (Å²) < 4.78 is 5.43. The Morgan fingerprint density at radius 2 is 2.00 bits per heavy atom. The number of hydrogen-bond acceptors (Lipinski definition) is 3. The lowest BCUT2D eigenvalue weighted by molar-refractivity contribution is 0.403. The van der Waals surface area contributed by atoms with Gasteiger partial charge < -0.3 is 10.1 Å². The van der Waals surface area contributed by atoms with Gasteiger partial charge in [0, 0.05) is 17.4 Å². The molecule has 96 valence electrons. The lowest BCUT2D eigenvalue weighted by Crippen LogP contribution is -2.24. The molecule has 1 rings (SSSR count). The van der Waals surface area contributed by atoms with Crippen LogP contribution in [0.1, 0.15) is 32.4 Å². The predicted molar refractivity (Wildman–Crippen MR) is 77.0 cm³/mol. The Kier molecular flexibility index (Phi) is 6.45. The maximum atomic E-state index is 5.43. The molecule has 1 aromatic rings. The Balaban J connectivity index is 2.80. The fourth-order valence-electron chi connectivity index (χ4n) is 1.75. The number of rotatable bonds is 7. The Morgan fingerprint density at radius 3 is 2.59 bits per heavy atom. The number of ether oxygens (including phenoxy) is 1. The minimum absolute atomic E-state index is 0.364. The van der Waals surface area contributed by atoms with Crippen LogP contribution >= 0.6 is 11.8 Å². The third-order valence-electron chi connectivity index (χ3n) is 2.56. The smallest absolute Gasteiger partial charge is 0.123 e. The van der Waals surface area contributed by atoms with E-state index >= 15 is 0 Å². The second-order valence-corrected chi connectivity index (χ2v) is 5.84. The predicted octanol–water partition coefficient (Wildman–Crippen LogP) is 3.49. The van der Waals surface area contributed by atoms with Crippen molar-refractivity contribution in [1.29, 1.82) is 0 Å². The molecule has 0 saturated carbocycles. The van der Waals surface area contributed by atoms with Crippen molar-refractivity contribution in [3.63, 3.8) is 0 Å². The monoisotopic (exact) mass is 253 g/mol. The number of thioether (sulfide) groups is 1. The first kappa shape index (κ1) is 14.4. The van der Waals surface area contributed by atoms with Crippen molar-refractivity contribution in [3.05, 3.63) is 29.8 Å². The summed E-state index contributed by atoms with van der Waals surface area (Å²) in [7, 11) is 1.73. The van der Waals surface area contributed by atoms with Gasteiger partial charge >= 0.3 is 0 Å². The maximum absolute atomic E-state index is 5.43. The first-order chi connectivity index (χ1) is 8.19. The van der Waals surface area contributed by atoms with E-state index in [0.717, 1.165) is 18.0 Å². The number of nitrogens with one attached hydrogen (secondary N) is 1. The summed E-state index contributed by atoms with van der Waals surface area (Å²) in [6, 6.07) is 8.62. The summed E-state index contributed by atoms with van der Waals surface area (Å²) in [6.07, 6.45) is 0. The van der Waals surface area contributed by atoms with E-state index in [1.165, 1.54) is 5.56 Å². The van der Waals surface area contributed by atoms with Crippen LogP contribution in [0.5, 0.6) is 5.75 Å². The highest BCUT2D eigenvalue weighted by atomic mass is 32.2. The Labute approximate surface area is 109 Å². The molecule has 0 spiro atoms. The number of benzene rings is 1. The Morgan fingerprint density at radius 1 is 1.29 bits per heavy atom. The van der Waals surface area contributed by atoms with E-state index in [0.29, 0.717) is 11.3 Å². The quantitative estimate of drug-likeness (QED) is 0.804. The zero-order valence-electron chi connectivity index (χ0n) is 11.2. The highest BCUT2D eigenvalue weighted by Gasteiger charge is 2.15. The molecule has 0 aliphatic carbocycles. The standard InChI is InChI=1S/C14H23NOS/c1-5-15-13(10-17-11(2)3)12-8-6-7-9-14(12)16-4/h6-9,11,13,15H,5,10H2,1-4H3. The van der Waals surface area contributed by atoms with Crippen molar-refractivity contribution in [2.24, 2.45) is 0 Å². The molecule has 1 N–H and O–H groups in total. The fraction of sp³-hybridized carbons (Fsp3) is 0.571. The molecule has 0 radical (unpaired) electrons. The topological polar surface area (TPSA) is 21.3 Å². The van der Waals surface area contributed by atoms with E-state index in [4.69, 9.17) is 4.74 Å². The van der Waals surface area contributed by atoms with Gasteiger partial charge in [-0.05, 0) is 17.9 Å². The largest absolute Gasteiger partial charge is 0.496 e. The highest BCUT2D eigenvalue weighted by molar-refractivity contribution is 7.99. The van der Waals surface area contributed by atoms with E-state index in [1.807, 2.05) is 23.9 Å².